The molecule has 1 fully saturated rings. The fraction of sp³-hybridized carbons (Fsp3) is 0.600. The molecule has 1 aliphatic heterocycles. The average Bonchev–Trinajstić information content (AvgIpc) is 2.48. The highest BCUT2D eigenvalue weighted by Crippen LogP contribution is 2.25. The Hall–Kier alpha value is -0.780. The molecular weight excluding hydrogens is 308 g/mol. The first kappa shape index (κ1) is 16.6. The summed E-state index contributed by atoms with van der Waals surface area (Å²) in [6.07, 6.45) is 1.64. The quantitative estimate of drug-likeness (QED) is 0.833. The third-order valence-electron chi connectivity index (χ3n) is 3.90. The molecule has 6 heteroatoms. The molecule has 0 atom stereocenters. The van der Waals surface area contributed by atoms with E-state index in [1.807, 2.05) is 25.1 Å². The summed E-state index contributed by atoms with van der Waals surface area (Å²) < 4.78 is 26.0. The second-order valence-corrected chi connectivity index (χ2v) is 8.01. The fourth-order valence-electron chi connectivity index (χ4n) is 2.59. The number of hydrogen-bond acceptors (Lipinski definition) is 3. The maximum absolute atomic E-state index is 12.2. The number of rotatable bonds is 5. The summed E-state index contributed by atoms with van der Waals surface area (Å²) in [4.78, 5) is 2.22. The van der Waals surface area contributed by atoms with Crippen LogP contribution in [0.5, 0.6) is 0 Å². The summed E-state index contributed by atoms with van der Waals surface area (Å²) in [6, 6.07) is 5.84. The fourth-order valence-corrected chi connectivity index (χ4v) is 4.38. The molecule has 1 aliphatic rings. The van der Waals surface area contributed by atoms with E-state index in [0.717, 1.165) is 18.5 Å². The molecule has 21 heavy (non-hydrogen) atoms. The minimum absolute atomic E-state index is 0.264. The Balaban J connectivity index is 2.02. The minimum atomic E-state index is -3.09. The van der Waals surface area contributed by atoms with Gasteiger partial charge in [0.1, 0.15) is 0 Å². The summed E-state index contributed by atoms with van der Waals surface area (Å²) in [5, 5.41) is 0.716. The Morgan fingerprint density at radius 3 is 2.48 bits per heavy atom. The number of piperazine rings is 1. The van der Waals surface area contributed by atoms with E-state index < -0.39 is 10.0 Å². The molecule has 0 N–H and O–H groups in total. The van der Waals surface area contributed by atoms with E-state index in [-0.39, 0.29) is 5.75 Å². The average molecular weight is 331 g/mol. The van der Waals surface area contributed by atoms with Crippen LogP contribution in [0.15, 0.2) is 18.2 Å². The lowest BCUT2D eigenvalue weighted by Gasteiger charge is -2.36. The molecular formula is C15H23ClN2O2S. The van der Waals surface area contributed by atoms with E-state index in [4.69, 9.17) is 11.6 Å². The molecule has 118 valence electrons. The first-order valence-corrected chi connectivity index (χ1v) is 9.41. The van der Waals surface area contributed by atoms with E-state index in [1.54, 1.807) is 4.31 Å². The molecule has 0 bridgehead atoms. The molecule has 1 aromatic carbocycles. The lowest BCUT2D eigenvalue weighted by Crippen LogP contribution is -2.49. The number of halogens is 1. The van der Waals surface area contributed by atoms with Crippen LogP contribution in [0, 0.1) is 6.92 Å². The number of benzene rings is 1. The zero-order chi connectivity index (χ0) is 15.5. The van der Waals surface area contributed by atoms with Crippen molar-refractivity contribution in [2.75, 3.05) is 36.8 Å². The maximum atomic E-state index is 12.2. The molecule has 0 spiro atoms. The lowest BCUT2D eigenvalue weighted by molar-refractivity contribution is 0.384. The van der Waals surface area contributed by atoms with Crippen LogP contribution in [0.4, 0.5) is 5.69 Å². The van der Waals surface area contributed by atoms with Crippen molar-refractivity contribution in [3.05, 3.63) is 28.8 Å². The molecule has 1 aromatic rings. The van der Waals surface area contributed by atoms with Crippen LogP contribution in [-0.2, 0) is 10.0 Å². The molecule has 1 saturated heterocycles. The number of unbranched alkanes of at least 4 members (excludes halogenated alkanes) is 1. The Morgan fingerprint density at radius 1 is 1.19 bits per heavy atom. The zero-order valence-corrected chi connectivity index (χ0v) is 14.3. The van der Waals surface area contributed by atoms with Crippen molar-refractivity contribution in [3.8, 4) is 0 Å². The summed E-state index contributed by atoms with van der Waals surface area (Å²) in [5.41, 5.74) is 2.27. The second-order valence-electron chi connectivity index (χ2n) is 5.49. The highest BCUT2D eigenvalue weighted by molar-refractivity contribution is 7.89. The van der Waals surface area contributed by atoms with Gasteiger partial charge in [0, 0.05) is 36.9 Å². The van der Waals surface area contributed by atoms with Gasteiger partial charge >= 0.3 is 0 Å². The van der Waals surface area contributed by atoms with Crippen molar-refractivity contribution in [2.24, 2.45) is 0 Å². The summed E-state index contributed by atoms with van der Waals surface area (Å²) in [5.74, 6) is 0.264. The van der Waals surface area contributed by atoms with Crippen LogP contribution in [-0.4, -0.2) is 44.7 Å². The van der Waals surface area contributed by atoms with Gasteiger partial charge in [-0.15, -0.1) is 0 Å². The SMILES string of the molecule is CCCCS(=O)(=O)N1CCN(c2cc(Cl)ccc2C)CC1. The highest BCUT2D eigenvalue weighted by Gasteiger charge is 2.26. The topological polar surface area (TPSA) is 40.6 Å². The predicted octanol–water partition coefficient (Wildman–Crippen LogP) is 2.90. The number of sulfonamides is 1. The number of hydrogen-bond donors (Lipinski definition) is 0. The van der Waals surface area contributed by atoms with Crippen LogP contribution in [0.2, 0.25) is 5.02 Å². The Bertz CT molecular complexity index is 581. The van der Waals surface area contributed by atoms with E-state index >= 15 is 0 Å². The van der Waals surface area contributed by atoms with Gasteiger partial charge in [0.2, 0.25) is 10.0 Å². The van der Waals surface area contributed by atoms with E-state index in [9.17, 15) is 8.42 Å². The third-order valence-corrected chi connectivity index (χ3v) is 6.09. The predicted molar refractivity (Wildman–Crippen MR) is 88.7 cm³/mol. The number of nitrogens with zero attached hydrogens (tertiary/aromatic N) is 2. The van der Waals surface area contributed by atoms with Crippen molar-refractivity contribution in [3.63, 3.8) is 0 Å². The normalized spacial score (nSPS) is 17.2. The van der Waals surface area contributed by atoms with Crippen molar-refractivity contribution in [1.82, 2.24) is 4.31 Å². The monoisotopic (exact) mass is 330 g/mol. The summed E-state index contributed by atoms with van der Waals surface area (Å²) in [7, 11) is -3.09. The van der Waals surface area contributed by atoms with Crippen LogP contribution in [0.1, 0.15) is 25.3 Å². The van der Waals surface area contributed by atoms with Gasteiger partial charge in [-0.3, -0.25) is 0 Å². The molecule has 0 saturated carbocycles. The summed E-state index contributed by atoms with van der Waals surface area (Å²) in [6.45, 7) is 6.60. The first-order valence-electron chi connectivity index (χ1n) is 7.43. The Kier molecular flexibility index (Phi) is 5.52. The lowest BCUT2D eigenvalue weighted by atomic mass is 10.1. The van der Waals surface area contributed by atoms with Crippen LogP contribution >= 0.6 is 11.6 Å². The third kappa shape index (κ3) is 4.11. The molecule has 4 nitrogen and oxygen atoms in total. The molecule has 1 heterocycles. The molecule has 0 aromatic heterocycles. The van der Waals surface area contributed by atoms with E-state index in [1.165, 1.54) is 5.56 Å². The Morgan fingerprint density at radius 2 is 1.86 bits per heavy atom. The largest absolute Gasteiger partial charge is 0.369 e. The van der Waals surface area contributed by atoms with Crippen LogP contribution in [0.25, 0.3) is 0 Å². The van der Waals surface area contributed by atoms with Crippen LogP contribution in [0.3, 0.4) is 0 Å². The highest BCUT2D eigenvalue weighted by atomic mass is 35.5. The van der Waals surface area contributed by atoms with Gasteiger partial charge in [-0.2, -0.15) is 4.31 Å². The van der Waals surface area contributed by atoms with E-state index in [0.29, 0.717) is 31.2 Å². The van der Waals surface area contributed by atoms with Gasteiger partial charge in [-0.25, -0.2) is 8.42 Å². The smallest absolute Gasteiger partial charge is 0.214 e. The molecule has 0 aliphatic carbocycles. The molecule has 2 rings (SSSR count). The van der Waals surface area contributed by atoms with Gasteiger partial charge in [-0.1, -0.05) is 31.0 Å². The molecule has 0 radical (unpaired) electrons. The van der Waals surface area contributed by atoms with Gasteiger partial charge in [-0.05, 0) is 31.0 Å². The zero-order valence-electron chi connectivity index (χ0n) is 12.7. The van der Waals surface area contributed by atoms with Crippen LogP contribution < -0.4 is 4.90 Å². The van der Waals surface area contributed by atoms with Crippen molar-refractivity contribution < 1.29 is 8.42 Å². The van der Waals surface area contributed by atoms with Gasteiger partial charge in [0.25, 0.3) is 0 Å². The Labute approximate surface area is 132 Å². The maximum Gasteiger partial charge on any atom is 0.214 e. The number of anilines is 1. The van der Waals surface area contributed by atoms with E-state index in [2.05, 4.69) is 11.8 Å². The molecule has 0 unspecified atom stereocenters. The minimum Gasteiger partial charge on any atom is -0.369 e. The van der Waals surface area contributed by atoms with Gasteiger partial charge in [0.15, 0.2) is 0 Å². The molecule has 0 amide bonds. The van der Waals surface area contributed by atoms with Gasteiger partial charge in [0.05, 0.1) is 5.75 Å². The van der Waals surface area contributed by atoms with Crippen molar-refractivity contribution in [1.29, 1.82) is 0 Å². The summed E-state index contributed by atoms with van der Waals surface area (Å²) >= 11 is 6.06. The second kappa shape index (κ2) is 6.99. The van der Waals surface area contributed by atoms with Gasteiger partial charge < -0.3 is 4.90 Å². The first-order chi connectivity index (χ1) is 9.94. The van der Waals surface area contributed by atoms with Crippen molar-refractivity contribution in [2.45, 2.75) is 26.7 Å². The number of aryl methyl sites for hydroxylation is 1. The standard InChI is InChI=1S/C15H23ClN2O2S/c1-3-4-11-21(19,20)18-9-7-17(8-10-18)15-12-14(16)6-5-13(15)2/h5-6,12H,3-4,7-11H2,1-2H3. The van der Waals surface area contributed by atoms with Crippen molar-refractivity contribution >= 4 is 27.3 Å².